The first-order chi connectivity index (χ1) is 13.2. The highest BCUT2D eigenvalue weighted by Gasteiger charge is 2.13. The third kappa shape index (κ3) is 6.19. The third-order valence-electron chi connectivity index (χ3n) is 3.48. The summed E-state index contributed by atoms with van der Waals surface area (Å²) < 4.78 is 0. The fourth-order valence-corrected chi connectivity index (χ4v) is 3.83. The van der Waals surface area contributed by atoms with E-state index in [1.165, 1.54) is 23.1 Å². The van der Waals surface area contributed by atoms with Crippen molar-refractivity contribution in [1.82, 2.24) is 15.5 Å². The molecule has 0 aliphatic heterocycles. The van der Waals surface area contributed by atoms with Gasteiger partial charge in [0.2, 0.25) is 10.9 Å². The number of hydrogen-bond donors (Lipinski definition) is 2. The van der Waals surface area contributed by atoms with Gasteiger partial charge in [-0.15, -0.1) is 22.0 Å². The van der Waals surface area contributed by atoms with Gasteiger partial charge in [-0.2, -0.15) is 0 Å². The molecule has 6 nitrogen and oxygen atoms in total. The molecule has 27 heavy (non-hydrogen) atoms. The van der Waals surface area contributed by atoms with Crippen LogP contribution in [0.1, 0.15) is 20.4 Å². The number of hydrogen-bond acceptors (Lipinski definition) is 6. The van der Waals surface area contributed by atoms with Crippen molar-refractivity contribution >= 4 is 40.6 Å². The predicted octanol–water partition coefficient (Wildman–Crippen LogP) is 3.34. The summed E-state index contributed by atoms with van der Waals surface area (Å²) in [6.07, 6.45) is 0. The summed E-state index contributed by atoms with van der Waals surface area (Å²) in [5, 5.41) is 14.6. The Bertz CT molecular complexity index is 885. The average Bonchev–Trinajstić information content (AvgIpc) is 3.17. The van der Waals surface area contributed by atoms with Gasteiger partial charge in [0, 0.05) is 18.0 Å². The van der Waals surface area contributed by atoms with Crippen LogP contribution >= 0.6 is 23.1 Å². The van der Waals surface area contributed by atoms with Crippen LogP contribution < -0.4 is 10.6 Å². The Kier molecular flexibility index (Phi) is 6.95. The molecular formula is C19H18N4O2S2. The lowest BCUT2D eigenvalue weighted by atomic mass is 10.2. The van der Waals surface area contributed by atoms with E-state index in [0.29, 0.717) is 33.8 Å². The number of nitrogens with zero attached hydrogens (tertiary/aromatic N) is 2. The second-order valence-corrected chi connectivity index (χ2v) is 7.62. The van der Waals surface area contributed by atoms with Gasteiger partial charge < -0.3 is 10.6 Å². The van der Waals surface area contributed by atoms with Crippen LogP contribution in [0.3, 0.4) is 0 Å². The summed E-state index contributed by atoms with van der Waals surface area (Å²) in [4.78, 5) is 24.0. The minimum absolute atomic E-state index is 0.0320. The molecule has 1 aromatic heterocycles. The summed E-state index contributed by atoms with van der Waals surface area (Å²) >= 11 is 2.68. The molecule has 0 bridgehead atoms. The lowest BCUT2D eigenvalue weighted by molar-refractivity contribution is -0.118. The Hall–Kier alpha value is -2.71. The highest BCUT2D eigenvalue weighted by atomic mass is 32.2. The number of amides is 2. The monoisotopic (exact) mass is 398 g/mol. The lowest BCUT2D eigenvalue weighted by Gasteiger charge is -2.04. The second-order valence-electron chi connectivity index (χ2n) is 5.58. The van der Waals surface area contributed by atoms with Crippen molar-refractivity contribution in [2.24, 2.45) is 0 Å². The Balaban J connectivity index is 1.40. The molecule has 2 N–H and O–H groups in total. The molecule has 0 saturated carbocycles. The van der Waals surface area contributed by atoms with Crippen LogP contribution in [-0.2, 0) is 17.1 Å². The number of nitrogens with one attached hydrogen (secondary N) is 2. The number of anilines is 1. The van der Waals surface area contributed by atoms with E-state index in [9.17, 15) is 9.59 Å². The van der Waals surface area contributed by atoms with E-state index in [2.05, 4.69) is 20.8 Å². The minimum Gasteiger partial charge on any atom is -0.351 e. The van der Waals surface area contributed by atoms with E-state index in [4.69, 9.17) is 0 Å². The van der Waals surface area contributed by atoms with Gasteiger partial charge in [-0.3, -0.25) is 9.59 Å². The molecule has 3 rings (SSSR count). The van der Waals surface area contributed by atoms with Crippen molar-refractivity contribution in [2.75, 3.05) is 11.1 Å². The number of benzene rings is 2. The van der Waals surface area contributed by atoms with Crippen LogP contribution in [0.5, 0.6) is 0 Å². The number of thioether (sulfide) groups is 1. The summed E-state index contributed by atoms with van der Waals surface area (Å²) in [5.41, 5.74) is 1.78. The van der Waals surface area contributed by atoms with E-state index in [1.54, 1.807) is 0 Å². The van der Waals surface area contributed by atoms with Crippen molar-refractivity contribution < 1.29 is 9.59 Å². The molecule has 0 radical (unpaired) electrons. The molecule has 3 aromatic rings. The van der Waals surface area contributed by atoms with Gasteiger partial charge in [0.25, 0.3) is 5.91 Å². The van der Waals surface area contributed by atoms with Crippen molar-refractivity contribution in [3.8, 4) is 0 Å². The van der Waals surface area contributed by atoms with Crippen molar-refractivity contribution in [3.05, 3.63) is 76.2 Å². The Labute approximate surface area is 165 Å². The number of carbonyl (C=O) groups excluding carboxylic acids is 2. The number of rotatable bonds is 8. The van der Waals surface area contributed by atoms with Gasteiger partial charge in [0.1, 0.15) is 5.01 Å². The zero-order chi connectivity index (χ0) is 18.9. The molecule has 0 saturated heterocycles. The first kappa shape index (κ1) is 19.1. The van der Waals surface area contributed by atoms with E-state index in [-0.39, 0.29) is 11.8 Å². The van der Waals surface area contributed by atoms with E-state index < -0.39 is 0 Å². The normalized spacial score (nSPS) is 10.4. The van der Waals surface area contributed by atoms with Gasteiger partial charge in [-0.25, -0.2) is 0 Å². The lowest BCUT2D eigenvalue weighted by Crippen LogP contribution is -2.24. The zero-order valence-electron chi connectivity index (χ0n) is 14.4. The molecule has 0 spiro atoms. The van der Waals surface area contributed by atoms with Crippen LogP contribution in [0.2, 0.25) is 0 Å². The number of carbonyl (C=O) groups is 2. The molecule has 2 amide bonds. The Morgan fingerprint density at radius 3 is 2.41 bits per heavy atom. The average molecular weight is 399 g/mol. The van der Waals surface area contributed by atoms with E-state index >= 15 is 0 Å². The quantitative estimate of drug-likeness (QED) is 0.608. The van der Waals surface area contributed by atoms with Crippen LogP contribution in [0.15, 0.2) is 60.7 Å². The van der Waals surface area contributed by atoms with Crippen molar-refractivity contribution in [3.63, 3.8) is 0 Å². The molecule has 0 atom stereocenters. The van der Waals surface area contributed by atoms with Crippen LogP contribution in [0.4, 0.5) is 5.69 Å². The molecule has 0 aliphatic carbocycles. The van der Waals surface area contributed by atoms with Crippen molar-refractivity contribution in [1.29, 1.82) is 0 Å². The maximum absolute atomic E-state index is 12.2. The SMILES string of the molecule is O=C(CSCc1nnc(C(=O)Nc2ccccc2)s1)NCc1ccccc1. The smallest absolute Gasteiger partial charge is 0.286 e. The van der Waals surface area contributed by atoms with Gasteiger partial charge in [-0.05, 0) is 17.7 Å². The summed E-state index contributed by atoms with van der Waals surface area (Å²) in [7, 11) is 0. The molecule has 138 valence electrons. The molecule has 0 unspecified atom stereocenters. The Morgan fingerprint density at radius 2 is 1.67 bits per heavy atom. The molecular weight excluding hydrogens is 380 g/mol. The fourth-order valence-electron chi connectivity index (χ4n) is 2.19. The van der Waals surface area contributed by atoms with Gasteiger partial charge in [-0.1, -0.05) is 59.9 Å². The van der Waals surface area contributed by atoms with Gasteiger partial charge in [0.15, 0.2) is 0 Å². The summed E-state index contributed by atoms with van der Waals surface area (Å²) in [6.45, 7) is 0.517. The van der Waals surface area contributed by atoms with E-state index in [1.807, 2.05) is 60.7 Å². The third-order valence-corrected chi connectivity index (χ3v) is 5.53. The topological polar surface area (TPSA) is 84.0 Å². The fraction of sp³-hybridized carbons (Fsp3) is 0.158. The number of aromatic nitrogens is 2. The summed E-state index contributed by atoms with van der Waals surface area (Å²) in [5.74, 6) is 0.554. The predicted molar refractivity (Wildman–Crippen MR) is 109 cm³/mol. The largest absolute Gasteiger partial charge is 0.351 e. The molecule has 1 heterocycles. The highest BCUT2D eigenvalue weighted by molar-refractivity contribution is 7.99. The second kappa shape index (κ2) is 9.84. The standard InChI is InChI=1S/C19H18N4O2S2/c24-16(20-11-14-7-3-1-4-8-14)12-26-13-17-22-23-19(27-17)18(25)21-15-9-5-2-6-10-15/h1-10H,11-13H2,(H,20,24)(H,21,25). The van der Waals surface area contributed by atoms with Crippen molar-refractivity contribution in [2.45, 2.75) is 12.3 Å². The minimum atomic E-state index is -0.282. The van der Waals surface area contributed by atoms with Crippen LogP contribution in [0.25, 0.3) is 0 Å². The van der Waals surface area contributed by atoms with E-state index in [0.717, 1.165) is 5.56 Å². The highest BCUT2D eigenvalue weighted by Crippen LogP contribution is 2.18. The molecule has 0 fully saturated rings. The Morgan fingerprint density at radius 1 is 0.963 bits per heavy atom. The zero-order valence-corrected chi connectivity index (χ0v) is 16.1. The number of para-hydroxylation sites is 1. The van der Waals surface area contributed by atoms with Gasteiger partial charge in [0.05, 0.1) is 5.75 Å². The summed E-state index contributed by atoms with van der Waals surface area (Å²) in [6, 6.07) is 19.0. The van der Waals surface area contributed by atoms with Crippen LogP contribution in [0, 0.1) is 0 Å². The maximum atomic E-state index is 12.2. The van der Waals surface area contributed by atoms with Crippen LogP contribution in [-0.4, -0.2) is 27.8 Å². The maximum Gasteiger partial charge on any atom is 0.286 e. The first-order valence-electron chi connectivity index (χ1n) is 8.28. The van der Waals surface area contributed by atoms with Gasteiger partial charge >= 0.3 is 0 Å². The molecule has 0 aliphatic rings. The molecule has 8 heteroatoms. The molecule has 2 aromatic carbocycles. The first-order valence-corrected chi connectivity index (χ1v) is 10.2.